The molecule has 1 aromatic heterocycles. The highest BCUT2D eigenvalue weighted by molar-refractivity contribution is 5.97. The van der Waals surface area contributed by atoms with E-state index in [1.807, 2.05) is 17.0 Å². The first-order valence-electron chi connectivity index (χ1n) is 9.53. The molecule has 2 fully saturated rings. The summed E-state index contributed by atoms with van der Waals surface area (Å²) in [5.41, 5.74) is 1.90. The fourth-order valence-electron chi connectivity index (χ4n) is 3.71. The Labute approximate surface area is 159 Å². The van der Waals surface area contributed by atoms with Gasteiger partial charge in [0.05, 0.1) is 0 Å². The van der Waals surface area contributed by atoms with Crippen molar-refractivity contribution in [3.05, 3.63) is 48.3 Å². The number of hydrogen-bond acceptors (Lipinski definition) is 4. The lowest BCUT2D eigenvalue weighted by molar-refractivity contribution is -0.134. The van der Waals surface area contributed by atoms with Crippen LogP contribution in [0.5, 0.6) is 0 Å². The van der Waals surface area contributed by atoms with Crippen molar-refractivity contribution in [3.63, 3.8) is 0 Å². The van der Waals surface area contributed by atoms with Crippen LogP contribution in [-0.4, -0.2) is 45.8 Å². The largest absolute Gasteiger partial charge is 0.341 e. The molecule has 4 rings (SSSR count). The molecule has 1 atom stereocenters. The van der Waals surface area contributed by atoms with Gasteiger partial charge in [0, 0.05) is 36.6 Å². The van der Waals surface area contributed by atoms with E-state index in [4.69, 9.17) is 0 Å². The van der Waals surface area contributed by atoms with Gasteiger partial charge < -0.3 is 10.2 Å². The van der Waals surface area contributed by atoms with Crippen molar-refractivity contribution in [3.8, 4) is 11.4 Å². The van der Waals surface area contributed by atoms with Crippen LogP contribution < -0.4 is 5.32 Å². The second kappa shape index (κ2) is 7.10. The minimum absolute atomic E-state index is 0.00755. The number of carbonyl (C=O) groups is 2. The van der Waals surface area contributed by atoms with Crippen LogP contribution in [0.2, 0.25) is 0 Å². The Balaban J connectivity index is 1.34. The normalized spacial score (nSPS) is 18.8. The average molecular weight is 364 g/mol. The molecule has 2 aliphatic rings. The van der Waals surface area contributed by atoms with E-state index in [0.717, 1.165) is 31.5 Å². The van der Waals surface area contributed by atoms with Gasteiger partial charge >= 0.3 is 0 Å². The third-order valence-electron chi connectivity index (χ3n) is 5.78. The van der Waals surface area contributed by atoms with Gasteiger partial charge in [-0.15, -0.1) is 0 Å². The Morgan fingerprint density at radius 2 is 1.67 bits per heavy atom. The molecular weight excluding hydrogens is 340 g/mol. The van der Waals surface area contributed by atoms with Gasteiger partial charge in [-0.2, -0.15) is 0 Å². The molecule has 1 saturated heterocycles. The van der Waals surface area contributed by atoms with E-state index < -0.39 is 6.04 Å². The number of piperidine rings is 1. The van der Waals surface area contributed by atoms with E-state index in [2.05, 4.69) is 15.3 Å². The molecule has 2 aromatic rings. The van der Waals surface area contributed by atoms with Gasteiger partial charge in [-0.3, -0.25) is 9.59 Å². The predicted molar refractivity (Wildman–Crippen MR) is 102 cm³/mol. The number of benzene rings is 1. The Hall–Kier alpha value is -2.76. The van der Waals surface area contributed by atoms with Gasteiger partial charge in [-0.05, 0) is 56.2 Å². The molecule has 27 heavy (non-hydrogen) atoms. The van der Waals surface area contributed by atoms with Crippen molar-refractivity contribution in [2.75, 3.05) is 13.1 Å². The molecule has 6 nitrogen and oxygen atoms in total. The maximum atomic E-state index is 12.6. The molecule has 1 aliphatic carbocycles. The van der Waals surface area contributed by atoms with E-state index >= 15 is 0 Å². The smallest absolute Gasteiger partial charge is 0.251 e. The third-order valence-corrected chi connectivity index (χ3v) is 5.78. The molecule has 1 saturated carbocycles. The summed E-state index contributed by atoms with van der Waals surface area (Å²) in [6.07, 6.45) is 8.19. The highest BCUT2D eigenvalue weighted by Crippen LogP contribution is 2.53. The van der Waals surface area contributed by atoms with Crippen LogP contribution >= 0.6 is 0 Å². The first kappa shape index (κ1) is 17.6. The molecule has 0 unspecified atom stereocenters. The van der Waals surface area contributed by atoms with E-state index in [-0.39, 0.29) is 11.8 Å². The number of carbonyl (C=O) groups excluding carboxylic acids is 2. The number of nitrogens with zero attached hydrogens (tertiary/aromatic N) is 3. The summed E-state index contributed by atoms with van der Waals surface area (Å²) in [6.45, 7) is 3.38. The van der Waals surface area contributed by atoms with Crippen molar-refractivity contribution < 1.29 is 9.59 Å². The molecule has 1 N–H and O–H groups in total. The highest BCUT2D eigenvalue weighted by atomic mass is 16.2. The fraction of sp³-hybridized carbons (Fsp3) is 0.429. The number of likely N-dealkylation sites (tertiary alicyclic amines) is 1. The lowest BCUT2D eigenvalue weighted by atomic mass is 9.93. The predicted octanol–water partition coefficient (Wildman–Crippen LogP) is 2.66. The summed E-state index contributed by atoms with van der Waals surface area (Å²) in [4.78, 5) is 35.4. The Morgan fingerprint density at radius 1 is 1.04 bits per heavy atom. The van der Waals surface area contributed by atoms with Crippen LogP contribution in [0.4, 0.5) is 0 Å². The topological polar surface area (TPSA) is 75.2 Å². The number of aromatic nitrogens is 2. The molecule has 6 heteroatoms. The van der Waals surface area contributed by atoms with Crippen LogP contribution in [-0.2, 0) is 4.79 Å². The van der Waals surface area contributed by atoms with Gasteiger partial charge in [0.1, 0.15) is 6.04 Å². The zero-order valence-electron chi connectivity index (χ0n) is 15.5. The van der Waals surface area contributed by atoms with Crippen LogP contribution in [0.1, 0.15) is 43.0 Å². The lowest BCUT2D eigenvalue weighted by Crippen LogP contribution is -2.49. The second-order valence-corrected chi connectivity index (χ2v) is 7.67. The lowest BCUT2D eigenvalue weighted by Gasteiger charge is -2.33. The van der Waals surface area contributed by atoms with Gasteiger partial charge in [-0.1, -0.05) is 12.1 Å². The van der Waals surface area contributed by atoms with Gasteiger partial charge in [0.15, 0.2) is 5.82 Å². The summed E-state index contributed by atoms with van der Waals surface area (Å²) in [5, 5.41) is 2.83. The summed E-state index contributed by atoms with van der Waals surface area (Å²) in [7, 11) is 0. The number of amides is 2. The Bertz CT molecular complexity index is 821. The first-order valence-corrected chi connectivity index (χ1v) is 9.53. The van der Waals surface area contributed by atoms with Gasteiger partial charge in [-0.25, -0.2) is 9.97 Å². The van der Waals surface area contributed by atoms with E-state index in [0.29, 0.717) is 16.8 Å². The zero-order valence-corrected chi connectivity index (χ0v) is 15.5. The van der Waals surface area contributed by atoms with Crippen molar-refractivity contribution in [1.29, 1.82) is 0 Å². The number of hydrogen-bond donors (Lipinski definition) is 1. The molecule has 2 amide bonds. The highest BCUT2D eigenvalue weighted by Gasteiger charge is 2.45. The minimum Gasteiger partial charge on any atom is -0.341 e. The molecule has 2 heterocycles. The minimum atomic E-state index is -0.525. The van der Waals surface area contributed by atoms with E-state index in [1.165, 1.54) is 12.8 Å². The van der Waals surface area contributed by atoms with Crippen LogP contribution in [0.3, 0.4) is 0 Å². The molecule has 0 radical (unpaired) electrons. The van der Waals surface area contributed by atoms with Gasteiger partial charge in [0.25, 0.3) is 5.91 Å². The Kier molecular flexibility index (Phi) is 4.64. The van der Waals surface area contributed by atoms with Crippen LogP contribution in [0.15, 0.2) is 42.7 Å². The SMILES string of the molecule is C[C@H](NC(=O)c1ccc(-c2ncccn2)cc1)C(=O)N1CCC2(CC1)CC2. The molecule has 1 aromatic carbocycles. The number of rotatable bonds is 4. The fourth-order valence-corrected chi connectivity index (χ4v) is 3.71. The number of nitrogens with one attached hydrogen (secondary N) is 1. The van der Waals surface area contributed by atoms with Crippen LogP contribution in [0.25, 0.3) is 11.4 Å². The maximum Gasteiger partial charge on any atom is 0.251 e. The Morgan fingerprint density at radius 3 is 2.26 bits per heavy atom. The molecular formula is C21H24N4O2. The summed E-state index contributed by atoms with van der Waals surface area (Å²) in [5.74, 6) is 0.381. The van der Waals surface area contributed by atoms with Gasteiger partial charge in [0.2, 0.25) is 5.91 Å². The average Bonchev–Trinajstić information content (AvgIpc) is 3.47. The first-order chi connectivity index (χ1) is 13.1. The summed E-state index contributed by atoms with van der Waals surface area (Å²) >= 11 is 0. The standard InChI is InChI=1S/C21H24N4O2/c1-15(20(27)25-13-9-21(7-8-21)10-14-25)24-19(26)17-5-3-16(4-6-17)18-22-11-2-12-23-18/h2-6,11-12,15H,7-10,13-14H2,1H3,(H,24,26)/t15-/m0/s1. The monoisotopic (exact) mass is 364 g/mol. The van der Waals surface area contributed by atoms with Crippen molar-refractivity contribution in [2.45, 2.75) is 38.6 Å². The third kappa shape index (κ3) is 3.84. The molecule has 1 spiro atoms. The van der Waals surface area contributed by atoms with Crippen molar-refractivity contribution >= 4 is 11.8 Å². The maximum absolute atomic E-state index is 12.6. The van der Waals surface area contributed by atoms with Crippen molar-refractivity contribution in [2.24, 2.45) is 5.41 Å². The van der Waals surface area contributed by atoms with E-state index in [1.54, 1.807) is 37.5 Å². The van der Waals surface area contributed by atoms with Crippen molar-refractivity contribution in [1.82, 2.24) is 20.2 Å². The zero-order chi connectivity index (χ0) is 18.9. The van der Waals surface area contributed by atoms with Crippen LogP contribution in [0, 0.1) is 5.41 Å². The molecule has 0 bridgehead atoms. The quantitative estimate of drug-likeness (QED) is 0.905. The van der Waals surface area contributed by atoms with E-state index in [9.17, 15) is 9.59 Å². The summed E-state index contributed by atoms with van der Waals surface area (Å²) in [6, 6.07) is 8.33. The summed E-state index contributed by atoms with van der Waals surface area (Å²) < 4.78 is 0. The molecule has 140 valence electrons. The second-order valence-electron chi connectivity index (χ2n) is 7.67. The molecule has 1 aliphatic heterocycles.